The van der Waals surface area contributed by atoms with Gasteiger partial charge in [-0.2, -0.15) is 0 Å². The molecule has 0 aromatic heterocycles. The van der Waals surface area contributed by atoms with Gasteiger partial charge in [0.05, 0.1) is 17.7 Å². The number of halogens is 2. The molecule has 1 heterocycles. The van der Waals surface area contributed by atoms with Crippen LogP contribution in [0, 0.1) is 11.6 Å². The predicted octanol–water partition coefficient (Wildman–Crippen LogP) is 4.69. The maximum Gasteiger partial charge on any atom is 0.357 e. The molecule has 0 bridgehead atoms. The number of aliphatic hydroxyl groups excluding tert-OH is 1. The Balaban J connectivity index is 1.64. The monoisotopic (exact) mass is 423 g/mol. The highest BCUT2D eigenvalue weighted by Gasteiger charge is 2.40. The van der Waals surface area contributed by atoms with E-state index in [-0.39, 0.29) is 5.56 Å². The van der Waals surface area contributed by atoms with Crippen LogP contribution in [-0.2, 0) is 4.84 Å². The van der Waals surface area contributed by atoms with Gasteiger partial charge in [-0.25, -0.2) is 13.6 Å². The summed E-state index contributed by atoms with van der Waals surface area (Å²) in [6, 6.07) is 20.9. The Morgan fingerprint density at radius 3 is 2.35 bits per heavy atom. The molecule has 1 aliphatic rings. The first-order valence-corrected chi connectivity index (χ1v) is 10.3. The normalized spacial score (nSPS) is 18.5. The summed E-state index contributed by atoms with van der Waals surface area (Å²) in [4.78, 5) is 18.1. The second-order valence-electron chi connectivity index (χ2n) is 7.62. The smallest absolute Gasteiger partial charge is 0.357 e. The van der Waals surface area contributed by atoms with Crippen LogP contribution in [0.25, 0.3) is 0 Å². The molecule has 0 aliphatic carbocycles. The lowest BCUT2D eigenvalue weighted by atomic mass is 9.82. The summed E-state index contributed by atoms with van der Waals surface area (Å²) in [5, 5.41) is 12.8. The molecular weight excluding hydrogens is 400 g/mol. The van der Waals surface area contributed by atoms with Crippen LogP contribution in [0.4, 0.5) is 8.78 Å². The maximum atomic E-state index is 14.7. The van der Waals surface area contributed by atoms with Crippen LogP contribution in [0.15, 0.2) is 78.9 Å². The van der Waals surface area contributed by atoms with E-state index in [9.17, 15) is 18.7 Å². The van der Waals surface area contributed by atoms with E-state index in [0.717, 1.165) is 6.07 Å². The first kappa shape index (κ1) is 21.2. The maximum absolute atomic E-state index is 14.7. The Kier molecular flexibility index (Phi) is 6.39. The average Bonchev–Trinajstić information content (AvgIpc) is 3.26. The van der Waals surface area contributed by atoms with Gasteiger partial charge in [-0.05, 0) is 36.6 Å². The highest BCUT2D eigenvalue weighted by molar-refractivity contribution is 5.89. The van der Waals surface area contributed by atoms with Crippen molar-refractivity contribution in [1.82, 2.24) is 5.06 Å². The first-order chi connectivity index (χ1) is 15.1. The van der Waals surface area contributed by atoms with Crippen LogP contribution < -0.4 is 0 Å². The molecule has 4 rings (SSSR count). The van der Waals surface area contributed by atoms with E-state index >= 15 is 0 Å². The van der Waals surface area contributed by atoms with Crippen LogP contribution in [0.3, 0.4) is 0 Å². The van der Waals surface area contributed by atoms with Gasteiger partial charge in [-0.3, -0.25) is 0 Å². The van der Waals surface area contributed by atoms with Crippen molar-refractivity contribution < 1.29 is 23.5 Å². The van der Waals surface area contributed by atoms with Gasteiger partial charge in [0.25, 0.3) is 0 Å². The molecule has 3 atom stereocenters. The largest absolute Gasteiger partial charge is 0.390 e. The van der Waals surface area contributed by atoms with Crippen molar-refractivity contribution in [2.24, 2.45) is 0 Å². The predicted molar refractivity (Wildman–Crippen MR) is 112 cm³/mol. The summed E-state index contributed by atoms with van der Waals surface area (Å²) in [6.07, 6.45) is 0.144. The van der Waals surface area contributed by atoms with Crippen molar-refractivity contribution in [2.75, 3.05) is 6.54 Å². The molecule has 31 heavy (non-hydrogen) atoms. The van der Waals surface area contributed by atoms with E-state index in [2.05, 4.69) is 0 Å². The van der Waals surface area contributed by atoms with Gasteiger partial charge in [0.15, 0.2) is 11.6 Å². The number of hydrogen-bond donors (Lipinski definition) is 1. The van der Waals surface area contributed by atoms with E-state index < -0.39 is 35.7 Å². The third-order valence-electron chi connectivity index (χ3n) is 5.67. The quantitative estimate of drug-likeness (QED) is 0.625. The molecule has 0 spiro atoms. The van der Waals surface area contributed by atoms with Crippen molar-refractivity contribution in [3.05, 3.63) is 107 Å². The molecule has 1 fully saturated rings. The topological polar surface area (TPSA) is 49.8 Å². The zero-order valence-electron chi connectivity index (χ0n) is 16.8. The number of carbonyl (C=O) groups is 1. The molecule has 1 saturated heterocycles. The number of carbonyl (C=O) groups excluding carboxylic acids is 1. The fraction of sp³-hybridized carbons (Fsp3) is 0.240. The number of benzene rings is 3. The molecule has 6 heteroatoms. The van der Waals surface area contributed by atoms with Crippen LogP contribution in [0.5, 0.6) is 0 Å². The summed E-state index contributed by atoms with van der Waals surface area (Å²) < 4.78 is 28.7. The fourth-order valence-electron chi connectivity index (χ4n) is 4.16. The van der Waals surface area contributed by atoms with Crippen molar-refractivity contribution >= 4 is 5.97 Å². The van der Waals surface area contributed by atoms with E-state index in [1.54, 1.807) is 54.6 Å². The Bertz CT molecular complexity index is 1030. The van der Waals surface area contributed by atoms with E-state index in [0.29, 0.717) is 30.5 Å². The highest BCUT2D eigenvalue weighted by Crippen LogP contribution is 2.36. The molecule has 160 valence electrons. The van der Waals surface area contributed by atoms with Crippen LogP contribution in [0.2, 0.25) is 0 Å². The van der Waals surface area contributed by atoms with Crippen LogP contribution >= 0.6 is 0 Å². The second kappa shape index (κ2) is 9.37. The zero-order chi connectivity index (χ0) is 21.8. The third kappa shape index (κ3) is 4.50. The van der Waals surface area contributed by atoms with Crippen molar-refractivity contribution in [1.29, 1.82) is 0 Å². The van der Waals surface area contributed by atoms with Gasteiger partial charge < -0.3 is 9.94 Å². The SMILES string of the molecule is O=C(ON1CCC[C@@H]1[C@@H](O)[C@@H](c1ccccc1)c1cccc(F)c1F)c1ccccc1. The lowest BCUT2D eigenvalue weighted by Crippen LogP contribution is -2.43. The van der Waals surface area contributed by atoms with Gasteiger partial charge in [0, 0.05) is 18.0 Å². The van der Waals surface area contributed by atoms with E-state index in [4.69, 9.17) is 4.84 Å². The number of nitrogens with zero attached hydrogens (tertiary/aromatic N) is 1. The number of hydroxylamine groups is 2. The number of hydrogen-bond acceptors (Lipinski definition) is 4. The molecule has 1 aliphatic heterocycles. The minimum absolute atomic E-state index is 0.0694. The van der Waals surface area contributed by atoms with Crippen molar-refractivity contribution in [3.8, 4) is 0 Å². The lowest BCUT2D eigenvalue weighted by Gasteiger charge is -2.33. The summed E-state index contributed by atoms with van der Waals surface area (Å²) in [5.41, 5.74) is 1.12. The second-order valence-corrected chi connectivity index (χ2v) is 7.62. The van der Waals surface area contributed by atoms with Crippen molar-refractivity contribution in [3.63, 3.8) is 0 Å². The Morgan fingerprint density at radius 2 is 1.65 bits per heavy atom. The third-order valence-corrected chi connectivity index (χ3v) is 5.67. The Hall–Kier alpha value is -3.09. The van der Waals surface area contributed by atoms with Crippen LogP contribution in [-0.4, -0.2) is 34.8 Å². The zero-order valence-corrected chi connectivity index (χ0v) is 16.8. The summed E-state index contributed by atoms with van der Waals surface area (Å²) in [6.45, 7) is 0.452. The summed E-state index contributed by atoms with van der Waals surface area (Å²) in [5.74, 6) is -3.29. The molecule has 0 unspecified atom stereocenters. The standard InChI is InChI=1S/C25H23F2NO3/c26-20-14-7-13-19(23(20)27)22(17-9-3-1-4-10-17)24(29)21-15-8-16-28(21)31-25(30)18-11-5-2-6-12-18/h1-7,9-14,21-22,24,29H,8,15-16H2/t21-,22+,24-/m1/s1. The molecule has 4 nitrogen and oxygen atoms in total. The first-order valence-electron chi connectivity index (χ1n) is 10.3. The van der Waals surface area contributed by atoms with Crippen LogP contribution in [0.1, 0.15) is 40.2 Å². The molecule has 0 saturated carbocycles. The molecule has 3 aromatic carbocycles. The van der Waals surface area contributed by atoms with Gasteiger partial charge in [0.1, 0.15) is 0 Å². The molecule has 0 radical (unpaired) electrons. The molecule has 3 aromatic rings. The minimum Gasteiger partial charge on any atom is -0.390 e. The molecule has 1 N–H and O–H groups in total. The highest BCUT2D eigenvalue weighted by atomic mass is 19.2. The summed E-state index contributed by atoms with van der Waals surface area (Å²) in [7, 11) is 0. The minimum atomic E-state index is -1.12. The Labute approximate surface area is 179 Å². The lowest BCUT2D eigenvalue weighted by molar-refractivity contribution is -0.143. The van der Waals surface area contributed by atoms with Gasteiger partial charge >= 0.3 is 5.97 Å². The number of aliphatic hydroxyl groups is 1. The molecular formula is C25H23F2NO3. The Morgan fingerprint density at radius 1 is 0.968 bits per heavy atom. The van der Waals surface area contributed by atoms with Gasteiger partial charge in [-0.1, -0.05) is 60.7 Å². The van der Waals surface area contributed by atoms with Crippen molar-refractivity contribution in [2.45, 2.75) is 30.9 Å². The van der Waals surface area contributed by atoms with E-state index in [1.165, 1.54) is 17.2 Å². The molecule has 0 amide bonds. The average molecular weight is 423 g/mol. The van der Waals surface area contributed by atoms with Gasteiger partial charge in [-0.15, -0.1) is 5.06 Å². The fourth-order valence-corrected chi connectivity index (χ4v) is 4.16. The van der Waals surface area contributed by atoms with E-state index in [1.807, 2.05) is 6.07 Å². The number of rotatable bonds is 6. The van der Waals surface area contributed by atoms with Gasteiger partial charge in [0.2, 0.25) is 0 Å². The summed E-state index contributed by atoms with van der Waals surface area (Å²) >= 11 is 0.